The maximum Gasteiger partial charge on any atom is 0.164 e. The monoisotopic (exact) mass is 289 g/mol. The summed E-state index contributed by atoms with van der Waals surface area (Å²) in [5.41, 5.74) is 1.59. The fraction of sp³-hybridized carbons (Fsp3) is 0.611. The van der Waals surface area contributed by atoms with E-state index in [4.69, 9.17) is 4.74 Å². The summed E-state index contributed by atoms with van der Waals surface area (Å²) in [6.45, 7) is 13.0. The molecular formula is C18H27NO2. The van der Waals surface area contributed by atoms with Gasteiger partial charge in [0.05, 0.1) is 11.2 Å². The molecule has 1 fully saturated rings. The number of rotatable bonds is 4. The molecule has 1 aromatic carbocycles. The van der Waals surface area contributed by atoms with Crippen LogP contribution in [0.3, 0.4) is 0 Å². The van der Waals surface area contributed by atoms with Crippen LogP contribution < -0.4 is 0 Å². The summed E-state index contributed by atoms with van der Waals surface area (Å²) >= 11 is 0. The average Bonchev–Trinajstić information content (AvgIpc) is 2.33. The van der Waals surface area contributed by atoms with Gasteiger partial charge in [-0.15, -0.1) is 0 Å². The van der Waals surface area contributed by atoms with E-state index in [0.29, 0.717) is 6.42 Å². The molecule has 0 saturated carbocycles. The number of hydrogen-bond acceptors (Lipinski definition) is 3. The van der Waals surface area contributed by atoms with E-state index < -0.39 is 0 Å². The van der Waals surface area contributed by atoms with E-state index in [1.165, 1.54) is 0 Å². The van der Waals surface area contributed by atoms with Crippen LogP contribution in [-0.4, -0.2) is 41.5 Å². The lowest BCUT2D eigenvalue weighted by atomic mass is 9.97. The summed E-state index contributed by atoms with van der Waals surface area (Å²) in [5, 5.41) is 0. The Labute approximate surface area is 128 Å². The van der Waals surface area contributed by atoms with Crippen molar-refractivity contribution in [3.63, 3.8) is 0 Å². The van der Waals surface area contributed by atoms with Crippen molar-refractivity contribution in [2.45, 2.75) is 52.2 Å². The van der Waals surface area contributed by atoms with Gasteiger partial charge in [0.25, 0.3) is 0 Å². The molecule has 1 saturated heterocycles. The van der Waals surface area contributed by atoms with E-state index in [1.807, 2.05) is 31.2 Å². The van der Waals surface area contributed by atoms with E-state index in [1.54, 1.807) is 0 Å². The lowest BCUT2D eigenvalue weighted by Gasteiger charge is -2.47. The van der Waals surface area contributed by atoms with E-state index in [9.17, 15) is 4.79 Å². The quantitative estimate of drug-likeness (QED) is 0.795. The lowest BCUT2D eigenvalue weighted by Crippen LogP contribution is -2.57. The molecule has 0 amide bonds. The summed E-state index contributed by atoms with van der Waals surface area (Å²) in [7, 11) is 0. The van der Waals surface area contributed by atoms with Crippen LogP contribution in [0.25, 0.3) is 0 Å². The van der Waals surface area contributed by atoms with Gasteiger partial charge in [-0.1, -0.05) is 24.3 Å². The average molecular weight is 289 g/mol. The highest BCUT2D eigenvalue weighted by Crippen LogP contribution is 2.28. The van der Waals surface area contributed by atoms with Crippen molar-refractivity contribution in [2.24, 2.45) is 0 Å². The summed E-state index contributed by atoms with van der Waals surface area (Å²) in [6, 6.07) is 7.82. The second-order valence-corrected chi connectivity index (χ2v) is 7.32. The van der Waals surface area contributed by atoms with E-state index in [0.717, 1.165) is 30.8 Å². The van der Waals surface area contributed by atoms with Crippen LogP contribution >= 0.6 is 0 Å². The molecule has 1 aliphatic heterocycles. The number of carbonyl (C=O) groups is 1. The van der Waals surface area contributed by atoms with Crippen LogP contribution in [0.2, 0.25) is 0 Å². The molecule has 0 unspecified atom stereocenters. The molecule has 0 N–H and O–H groups in total. The van der Waals surface area contributed by atoms with Crippen LogP contribution in [0.4, 0.5) is 0 Å². The number of aryl methyl sites for hydroxylation is 1. The van der Waals surface area contributed by atoms with Crippen LogP contribution in [0.1, 0.15) is 50.0 Å². The minimum absolute atomic E-state index is 0.159. The molecule has 3 nitrogen and oxygen atoms in total. The van der Waals surface area contributed by atoms with Crippen LogP contribution in [0.5, 0.6) is 0 Å². The Morgan fingerprint density at radius 2 is 1.71 bits per heavy atom. The van der Waals surface area contributed by atoms with E-state index in [2.05, 4.69) is 32.6 Å². The molecule has 0 radical (unpaired) electrons. The van der Waals surface area contributed by atoms with Crippen LogP contribution in [-0.2, 0) is 4.74 Å². The van der Waals surface area contributed by atoms with Gasteiger partial charge in [-0.2, -0.15) is 0 Å². The minimum atomic E-state index is -0.159. The lowest BCUT2D eigenvalue weighted by molar-refractivity contribution is -0.180. The third-order valence-corrected chi connectivity index (χ3v) is 3.86. The number of nitrogens with zero attached hydrogens (tertiary/aromatic N) is 1. The van der Waals surface area contributed by atoms with Crippen molar-refractivity contribution < 1.29 is 9.53 Å². The summed E-state index contributed by atoms with van der Waals surface area (Å²) in [5.74, 6) is 0.232. The van der Waals surface area contributed by atoms with Crippen molar-refractivity contribution in [3.05, 3.63) is 35.4 Å². The zero-order valence-electron chi connectivity index (χ0n) is 13.9. The number of carbonyl (C=O) groups excluding carboxylic acids is 1. The molecule has 0 spiro atoms. The molecule has 0 atom stereocenters. The Morgan fingerprint density at radius 3 is 2.29 bits per heavy atom. The third-order valence-electron chi connectivity index (χ3n) is 3.86. The standard InChI is InChI=1S/C18H27NO2/c1-14-8-6-7-9-15(14)16(20)10-11-19-12-17(2,3)21-18(4,5)13-19/h6-9H,10-13H2,1-5H3. The first-order chi connectivity index (χ1) is 9.69. The smallest absolute Gasteiger partial charge is 0.164 e. The van der Waals surface area contributed by atoms with Gasteiger partial charge in [0.2, 0.25) is 0 Å². The van der Waals surface area contributed by atoms with Gasteiger partial charge in [-0.3, -0.25) is 9.69 Å². The van der Waals surface area contributed by atoms with Crippen molar-refractivity contribution in [1.82, 2.24) is 4.90 Å². The Balaban J connectivity index is 1.97. The molecule has 1 aromatic rings. The molecule has 1 heterocycles. The van der Waals surface area contributed by atoms with Gasteiger partial charge < -0.3 is 4.74 Å². The van der Waals surface area contributed by atoms with Gasteiger partial charge in [-0.05, 0) is 40.2 Å². The van der Waals surface area contributed by atoms with Gasteiger partial charge >= 0.3 is 0 Å². The number of ether oxygens (including phenoxy) is 1. The predicted octanol–water partition coefficient (Wildman–Crippen LogP) is 3.46. The first-order valence-electron chi connectivity index (χ1n) is 7.70. The highest BCUT2D eigenvalue weighted by atomic mass is 16.5. The van der Waals surface area contributed by atoms with E-state index in [-0.39, 0.29) is 17.0 Å². The molecular weight excluding hydrogens is 262 g/mol. The third kappa shape index (κ3) is 4.39. The molecule has 0 aliphatic carbocycles. The summed E-state index contributed by atoms with van der Waals surface area (Å²) in [6.07, 6.45) is 0.566. The number of benzene rings is 1. The van der Waals surface area contributed by atoms with Gasteiger partial charge in [0, 0.05) is 31.6 Å². The van der Waals surface area contributed by atoms with Crippen molar-refractivity contribution in [2.75, 3.05) is 19.6 Å². The highest BCUT2D eigenvalue weighted by Gasteiger charge is 2.37. The molecule has 3 heteroatoms. The molecule has 21 heavy (non-hydrogen) atoms. The summed E-state index contributed by atoms with van der Waals surface area (Å²) in [4.78, 5) is 14.7. The van der Waals surface area contributed by atoms with Gasteiger partial charge in [0.15, 0.2) is 5.78 Å². The zero-order valence-corrected chi connectivity index (χ0v) is 13.9. The normalized spacial score (nSPS) is 21.2. The second kappa shape index (κ2) is 5.90. The second-order valence-electron chi connectivity index (χ2n) is 7.32. The van der Waals surface area contributed by atoms with Crippen LogP contribution in [0.15, 0.2) is 24.3 Å². The topological polar surface area (TPSA) is 29.5 Å². The maximum absolute atomic E-state index is 12.4. The fourth-order valence-electron chi connectivity index (χ4n) is 3.38. The maximum atomic E-state index is 12.4. The van der Waals surface area contributed by atoms with Crippen molar-refractivity contribution in [3.8, 4) is 0 Å². The Kier molecular flexibility index (Phi) is 4.54. The summed E-state index contributed by atoms with van der Waals surface area (Å²) < 4.78 is 6.08. The molecule has 2 rings (SSSR count). The molecule has 116 valence electrons. The number of hydrogen-bond donors (Lipinski definition) is 0. The van der Waals surface area contributed by atoms with Crippen LogP contribution in [0, 0.1) is 6.92 Å². The molecule has 1 aliphatic rings. The SMILES string of the molecule is Cc1ccccc1C(=O)CCN1CC(C)(C)OC(C)(C)C1. The Hall–Kier alpha value is -1.19. The minimum Gasteiger partial charge on any atom is -0.367 e. The largest absolute Gasteiger partial charge is 0.367 e. The number of morpholine rings is 1. The number of Topliss-reactive ketones (excluding diaryl/α,β-unsaturated/α-hetero) is 1. The zero-order chi connectivity index (χ0) is 15.7. The van der Waals surface area contributed by atoms with E-state index >= 15 is 0 Å². The highest BCUT2D eigenvalue weighted by molar-refractivity contribution is 5.97. The van der Waals surface area contributed by atoms with Gasteiger partial charge in [0.1, 0.15) is 0 Å². The Bertz CT molecular complexity index is 504. The Morgan fingerprint density at radius 1 is 1.14 bits per heavy atom. The first kappa shape index (κ1) is 16.2. The fourth-order valence-corrected chi connectivity index (χ4v) is 3.38. The van der Waals surface area contributed by atoms with Crippen molar-refractivity contribution >= 4 is 5.78 Å². The van der Waals surface area contributed by atoms with Crippen molar-refractivity contribution in [1.29, 1.82) is 0 Å². The van der Waals surface area contributed by atoms with Gasteiger partial charge in [-0.25, -0.2) is 0 Å². The predicted molar refractivity (Wildman–Crippen MR) is 85.8 cm³/mol. The number of ketones is 1. The first-order valence-corrected chi connectivity index (χ1v) is 7.70. The molecule has 0 aromatic heterocycles. The molecule has 0 bridgehead atoms.